The predicted octanol–water partition coefficient (Wildman–Crippen LogP) is 4.36. The standard InChI is InChI=1S/C18H30O3/c1-20-17-13-16(14-18(15-17)21-2)11-9-7-5-3-4-6-8-10-12-19/h13-15,19H,3-12H2,1-2H3. The van der Waals surface area contributed by atoms with Crippen molar-refractivity contribution in [3.8, 4) is 11.5 Å². The van der Waals surface area contributed by atoms with Crippen LogP contribution in [0.3, 0.4) is 0 Å². The molecule has 0 radical (unpaired) electrons. The first-order chi connectivity index (χ1) is 10.3. The van der Waals surface area contributed by atoms with Crippen molar-refractivity contribution < 1.29 is 14.6 Å². The zero-order valence-corrected chi connectivity index (χ0v) is 13.6. The van der Waals surface area contributed by atoms with Gasteiger partial charge < -0.3 is 14.6 Å². The summed E-state index contributed by atoms with van der Waals surface area (Å²) in [5, 5.41) is 8.70. The number of hydrogen-bond acceptors (Lipinski definition) is 3. The summed E-state index contributed by atoms with van der Waals surface area (Å²) in [4.78, 5) is 0. The zero-order valence-electron chi connectivity index (χ0n) is 13.6. The number of aliphatic hydroxyl groups excluding tert-OH is 1. The molecule has 0 aliphatic heterocycles. The number of methoxy groups -OCH3 is 2. The fourth-order valence-corrected chi connectivity index (χ4v) is 2.51. The van der Waals surface area contributed by atoms with Gasteiger partial charge in [-0.1, -0.05) is 38.5 Å². The maximum atomic E-state index is 8.70. The molecule has 1 rings (SSSR count). The maximum absolute atomic E-state index is 8.70. The third-order valence-electron chi connectivity index (χ3n) is 3.78. The van der Waals surface area contributed by atoms with Gasteiger partial charge in [0, 0.05) is 12.7 Å². The van der Waals surface area contributed by atoms with Crippen LogP contribution in [0.15, 0.2) is 18.2 Å². The molecule has 0 amide bonds. The summed E-state index contributed by atoms with van der Waals surface area (Å²) in [7, 11) is 3.38. The molecule has 0 saturated carbocycles. The van der Waals surface area contributed by atoms with Gasteiger partial charge in [-0.3, -0.25) is 0 Å². The fourth-order valence-electron chi connectivity index (χ4n) is 2.51. The largest absolute Gasteiger partial charge is 0.497 e. The highest BCUT2D eigenvalue weighted by Gasteiger charge is 2.02. The summed E-state index contributed by atoms with van der Waals surface area (Å²) in [5.41, 5.74) is 1.29. The van der Waals surface area contributed by atoms with Crippen LogP contribution >= 0.6 is 0 Å². The van der Waals surface area contributed by atoms with Crippen molar-refractivity contribution in [3.05, 3.63) is 23.8 Å². The summed E-state index contributed by atoms with van der Waals surface area (Å²) in [6.07, 6.45) is 10.9. The smallest absolute Gasteiger partial charge is 0.122 e. The quantitative estimate of drug-likeness (QED) is 0.582. The number of benzene rings is 1. The van der Waals surface area contributed by atoms with Crippen LogP contribution in [0.25, 0.3) is 0 Å². The van der Waals surface area contributed by atoms with E-state index in [0.717, 1.165) is 24.3 Å². The number of rotatable bonds is 12. The van der Waals surface area contributed by atoms with Crippen LogP contribution in [0.5, 0.6) is 11.5 Å². The Kier molecular flexibility index (Phi) is 9.71. The topological polar surface area (TPSA) is 38.7 Å². The van der Waals surface area contributed by atoms with Crippen LogP contribution in [-0.2, 0) is 6.42 Å². The van der Waals surface area contributed by atoms with Gasteiger partial charge in [0.05, 0.1) is 14.2 Å². The number of unbranched alkanes of at least 4 members (excludes halogenated alkanes) is 7. The van der Waals surface area contributed by atoms with E-state index in [2.05, 4.69) is 12.1 Å². The Morgan fingerprint density at radius 2 is 1.19 bits per heavy atom. The van der Waals surface area contributed by atoms with Gasteiger partial charge in [-0.25, -0.2) is 0 Å². The highest BCUT2D eigenvalue weighted by molar-refractivity contribution is 5.38. The molecule has 0 unspecified atom stereocenters. The monoisotopic (exact) mass is 294 g/mol. The van der Waals surface area contributed by atoms with Gasteiger partial charge in [0.25, 0.3) is 0 Å². The van der Waals surface area contributed by atoms with E-state index >= 15 is 0 Å². The second kappa shape index (κ2) is 11.4. The van der Waals surface area contributed by atoms with Gasteiger partial charge in [-0.15, -0.1) is 0 Å². The molecular formula is C18H30O3. The maximum Gasteiger partial charge on any atom is 0.122 e. The molecule has 0 bridgehead atoms. The molecule has 0 aromatic heterocycles. The van der Waals surface area contributed by atoms with E-state index in [9.17, 15) is 0 Å². The van der Waals surface area contributed by atoms with Crippen LogP contribution in [-0.4, -0.2) is 25.9 Å². The number of ether oxygens (including phenoxy) is 2. The summed E-state index contributed by atoms with van der Waals surface area (Å²) in [6, 6.07) is 6.10. The molecule has 0 aliphatic carbocycles. The Bertz CT molecular complexity index is 354. The molecule has 0 aliphatic rings. The van der Waals surface area contributed by atoms with Crippen molar-refractivity contribution in [1.82, 2.24) is 0 Å². The zero-order chi connectivity index (χ0) is 15.3. The molecule has 3 heteroatoms. The van der Waals surface area contributed by atoms with Crippen LogP contribution in [0.1, 0.15) is 56.9 Å². The van der Waals surface area contributed by atoms with Gasteiger partial charge in [0.15, 0.2) is 0 Å². The van der Waals surface area contributed by atoms with Crippen LogP contribution < -0.4 is 9.47 Å². The van der Waals surface area contributed by atoms with Crippen molar-refractivity contribution in [3.63, 3.8) is 0 Å². The minimum absolute atomic E-state index is 0.337. The Hall–Kier alpha value is -1.22. The normalized spacial score (nSPS) is 10.6. The molecule has 0 fully saturated rings. The Labute approximate surface area is 129 Å². The summed E-state index contributed by atoms with van der Waals surface area (Å²) in [5.74, 6) is 1.74. The van der Waals surface area contributed by atoms with Crippen molar-refractivity contribution in [2.24, 2.45) is 0 Å². The SMILES string of the molecule is COc1cc(CCCCCCCCCCO)cc(OC)c1. The minimum atomic E-state index is 0.337. The van der Waals surface area contributed by atoms with Crippen molar-refractivity contribution in [2.45, 2.75) is 57.8 Å². The molecule has 0 heterocycles. The van der Waals surface area contributed by atoms with E-state index in [1.807, 2.05) is 6.07 Å². The first-order valence-electron chi connectivity index (χ1n) is 8.13. The van der Waals surface area contributed by atoms with E-state index in [1.165, 1.54) is 50.5 Å². The second-order valence-electron chi connectivity index (χ2n) is 5.52. The Morgan fingerprint density at radius 1 is 0.714 bits per heavy atom. The van der Waals surface area contributed by atoms with E-state index in [1.54, 1.807) is 14.2 Å². The lowest BCUT2D eigenvalue weighted by molar-refractivity contribution is 0.282. The summed E-state index contributed by atoms with van der Waals surface area (Å²) in [6.45, 7) is 0.337. The lowest BCUT2D eigenvalue weighted by Crippen LogP contribution is -1.92. The molecule has 0 atom stereocenters. The molecule has 1 N–H and O–H groups in total. The third kappa shape index (κ3) is 7.96. The molecule has 1 aromatic rings. The number of aliphatic hydroxyl groups is 1. The fraction of sp³-hybridized carbons (Fsp3) is 0.667. The van der Waals surface area contributed by atoms with E-state index in [4.69, 9.17) is 14.6 Å². The molecule has 0 saturated heterocycles. The molecule has 0 spiro atoms. The van der Waals surface area contributed by atoms with Gasteiger partial charge in [-0.05, 0) is 37.0 Å². The van der Waals surface area contributed by atoms with Crippen molar-refractivity contribution in [1.29, 1.82) is 0 Å². The molecule has 1 aromatic carbocycles. The number of hydrogen-bond donors (Lipinski definition) is 1. The highest BCUT2D eigenvalue weighted by Crippen LogP contribution is 2.23. The van der Waals surface area contributed by atoms with Gasteiger partial charge in [0.2, 0.25) is 0 Å². The van der Waals surface area contributed by atoms with Gasteiger partial charge in [-0.2, -0.15) is 0 Å². The third-order valence-corrected chi connectivity index (χ3v) is 3.78. The Morgan fingerprint density at radius 3 is 1.67 bits per heavy atom. The lowest BCUT2D eigenvalue weighted by Gasteiger charge is -2.08. The van der Waals surface area contributed by atoms with E-state index < -0.39 is 0 Å². The molecule has 21 heavy (non-hydrogen) atoms. The summed E-state index contributed by atoms with van der Waals surface area (Å²) >= 11 is 0. The van der Waals surface area contributed by atoms with Crippen molar-refractivity contribution >= 4 is 0 Å². The van der Waals surface area contributed by atoms with E-state index in [-0.39, 0.29) is 0 Å². The van der Waals surface area contributed by atoms with Gasteiger partial charge >= 0.3 is 0 Å². The average molecular weight is 294 g/mol. The predicted molar refractivity (Wildman–Crippen MR) is 87.3 cm³/mol. The summed E-state index contributed by atoms with van der Waals surface area (Å²) < 4.78 is 10.6. The average Bonchev–Trinajstić information content (AvgIpc) is 2.52. The lowest BCUT2D eigenvalue weighted by atomic mass is 10.0. The molecule has 3 nitrogen and oxygen atoms in total. The second-order valence-corrected chi connectivity index (χ2v) is 5.52. The molecular weight excluding hydrogens is 264 g/mol. The number of aryl methyl sites for hydroxylation is 1. The highest BCUT2D eigenvalue weighted by atomic mass is 16.5. The molecule has 120 valence electrons. The van der Waals surface area contributed by atoms with Gasteiger partial charge in [0.1, 0.15) is 11.5 Å². The van der Waals surface area contributed by atoms with Crippen LogP contribution in [0, 0.1) is 0 Å². The minimum Gasteiger partial charge on any atom is -0.497 e. The Balaban J connectivity index is 2.15. The first kappa shape index (κ1) is 17.8. The van der Waals surface area contributed by atoms with Crippen LogP contribution in [0.2, 0.25) is 0 Å². The van der Waals surface area contributed by atoms with E-state index in [0.29, 0.717) is 6.61 Å². The van der Waals surface area contributed by atoms with Crippen LogP contribution in [0.4, 0.5) is 0 Å². The van der Waals surface area contributed by atoms with Crippen molar-refractivity contribution in [2.75, 3.05) is 20.8 Å². The first-order valence-corrected chi connectivity index (χ1v) is 8.13.